The second kappa shape index (κ2) is 3.88. The van der Waals surface area contributed by atoms with Crippen LogP contribution in [0.5, 0.6) is 5.75 Å². The molecule has 0 fully saturated rings. The number of nitrogens with zero attached hydrogens (tertiary/aromatic N) is 1. The maximum atomic E-state index is 11.4. The van der Waals surface area contributed by atoms with E-state index in [1.165, 1.54) is 0 Å². The van der Waals surface area contributed by atoms with E-state index < -0.39 is 9.73 Å². The van der Waals surface area contributed by atoms with E-state index in [0.29, 0.717) is 17.1 Å². The van der Waals surface area contributed by atoms with Crippen LogP contribution in [0.15, 0.2) is 22.6 Å². The maximum absolute atomic E-state index is 11.4. The maximum Gasteiger partial charge on any atom is 0.141 e. The van der Waals surface area contributed by atoms with Crippen LogP contribution in [-0.2, 0) is 9.73 Å². The Morgan fingerprint density at radius 2 is 2.07 bits per heavy atom. The largest absolute Gasteiger partial charge is 0.495 e. The Bertz CT molecular complexity index is 440. The number of methoxy groups -OCH3 is 1. The Labute approximate surface area is 84.3 Å². The van der Waals surface area contributed by atoms with Crippen LogP contribution in [0.4, 0.5) is 11.4 Å². The van der Waals surface area contributed by atoms with Crippen molar-refractivity contribution in [3.63, 3.8) is 0 Å². The number of ether oxygens (including phenoxy) is 1. The minimum Gasteiger partial charge on any atom is -0.495 e. The van der Waals surface area contributed by atoms with E-state index in [1.54, 1.807) is 37.8 Å². The van der Waals surface area contributed by atoms with Gasteiger partial charge in [0.1, 0.15) is 5.75 Å². The molecule has 0 aliphatic rings. The van der Waals surface area contributed by atoms with E-state index in [-0.39, 0.29) is 0 Å². The molecule has 1 aromatic carbocycles. The van der Waals surface area contributed by atoms with Crippen LogP contribution < -0.4 is 10.5 Å². The summed E-state index contributed by atoms with van der Waals surface area (Å²) in [4.78, 5) is 0. The molecule has 1 aromatic rings. The standard InChI is InChI=1S/C9H14N2O2S/c1-13-9-5-4-7(6-8(9)10)11-14(2,3)12/h4-6H,10H2,1-3H3. The summed E-state index contributed by atoms with van der Waals surface area (Å²) in [5.74, 6) is 0.600. The lowest BCUT2D eigenvalue weighted by Gasteiger charge is -2.04. The molecular formula is C9H14N2O2S. The van der Waals surface area contributed by atoms with Gasteiger partial charge in [0.2, 0.25) is 0 Å². The number of hydrogen-bond acceptors (Lipinski definition) is 4. The van der Waals surface area contributed by atoms with Crippen LogP contribution >= 0.6 is 0 Å². The zero-order valence-electron chi connectivity index (χ0n) is 8.48. The molecule has 0 spiro atoms. The highest BCUT2D eigenvalue weighted by molar-refractivity contribution is 7.92. The summed E-state index contributed by atoms with van der Waals surface area (Å²) < 4.78 is 20.4. The molecule has 0 saturated heterocycles. The van der Waals surface area contributed by atoms with E-state index >= 15 is 0 Å². The number of rotatable bonds is 2. The van der Waals surface area contributed by atoms with Gasteiger partial charge < -0.3 is 10.5 Å². The van der Waals surface area contributed by atoms with Crippen LogP contribution in [0.2, 0.25) is 0 Å². The Balaban J connectivity index is 3.17. The molecule has 0 bridgehead atoms. The highest BCUT2D eigenvalue weighted by Gasteiger charge is 2.00. The predicted octanol–water partition coefficient (Wildman–Crippen LogP) is 1.64. The molecular weight excluding hydrogens is 200 g/mol. The fourth-order valence-corrected chi connectivity index (χ4v) is 1.65. The van der Waals surface area contributed by atoms with Gasteiger partial charge in [0, 0.05) is 22.2 Å². The van der Waals surface area contributed by atoms with Crippen LogP contribution in [0.1, 0.15) is 0 Å². The zero-order valence-corrected chi connectivity index (χ0v) is 9.30. The Morgan fingerprint density at radius 3 is 2.50 bits per heavy atom. The number of anilines is 1. The molecule has 2 N–H and O–H groups in total. The Morgan fingerprint density at radius 1 is 1.43 bits per heavy atom. The fourth-order valence-electron chi connectivity index (χ4n) is 1.03. The van der Waals surface area contributed by atoms with Gasteiger partial charge in [0.15, 0.2) is 0 Å². The molecule has 0 aromatic heterocycles. The van der Waals surface area contributed by atoms with E-state index in [4.69, 9.17) is 10.5 Å². The van der Waals surface area contributed by atoms with Gasteiger partial charge in [-0.25, -0.2) is 4.21 Å². The highest BCUT2D eigenvalue weighted by Crippen LogP contribution is 2.26. The SMILES string of the molecule is COc1ccc(N=S(C)(C)=O)cc1N. The lowest BCUT2D eigenvalue weighted by atomic mass is 10.2. The zero-order chi connectivity index (χ0) is 10.8. The summed E-state index contributed by atoms with van der Waals surface area (Å²) in [6.07, 6.45) is 3.15. The average Bonchev–Trinajstić information content (AvgIpc) is 2.01. The molecule has 0 amide bonds. The summed E-state index contributed by atoms with van der Waals surface area (Å²) in [7, 11) is -0.588. The molecule has 1 rings (SSSR count). The summed E-state index contributed by atoms with van der Waals surface area (Å²) in [6.45, 7) is 0. The molecule has 78 valence electrons. The first-order valence-electron chi connectivity index (χ1n) is 4.03. The average molecular weight is 214 g/mol. The monoisotopic (exact) mass is 214 g/mol. The third-order valence-corrected chi connectivity index (χ3v) is 2.19. The summed E-state index contributed by atoms with van der Waals surface area (Å²) in [5, 5.41) is 0. The van der Waals surface area contributed by atoms with Crippen LogP contribution in [-0.4, -0.2) is 23.8 Å². The van der Waals surface area contributed by atoms with Gasteiger partial charge >= 0.3 is 0 Å². The van der Waals surface area contributed by atoms with E-state index in [1.807, 2.05) is 0 Å². The summed E-state index contributed by atoms with van der Waals surface area (Å²) in [6, 6.07) is 5.08. The normalized spacial score (nSPS) is 11.1. The van der Waals surface area contributed by atoms with Gasteiger partial charge in [-0.1, -0.05) is 0 Å². The molecule has 0 aliphatic carbocycles. The van der Waals surface area contributed by atoms with Crippen molar-refractivity contribution in [3.05, 3.63) is 18.2 Å². The third kappa shape index (κ3) is 2.92. The molecule has 4 nitrogen and oxygen atoms in total. The molecule has 0 unspecified atom stereocenters. The van der Waals surface area contributed by atoms with Crippen molar-refractivity contribution >= 4 is 21.1 Å². The van der Waals surface area contributed by atoms with Gasteiger partial charge in [-0.05, 0) is 18.2 Å². The molecule has 0 heterocycles. The van der Waals surface area contributed by atoms with E-state index in [9.17, 15) is 4.21 Å². The quantitative estimate of drug-likeness (QED) is 0.761. The minimum atomic E-state index is -2.13. The molecule has 5 heteroatoms. The number of nitrogens with two attached hydrogens (primary N) is 1. The minimum absolute atomic E-state index is 0.498. The van der Waals surface area contributed by atoms with E-state index in [0.717, 1.165) is 0 Å². The first kappa shape index (κ1) is 10.8. The van der Waals surface area contributed by atoms with Crippen molar-refractivity contribution in [1.29, 1.82) is 0 Å². The molecule has 0 aliphatic heterocycles. The lowest BCUT2D eigenvalue weighted by Crippen LogP contribution is -1.92. The van der Waals surface area contributed by atoms with Gasteiger partial charge in [-0.3, -0.25) is 0 Å². The van der Waals surface area contributed by atoms with Crippen molar-refractivity contribution < 1.29 is 8.95 Å². The smallest absolute Gasteiger partial charge is 0.141 e. The second-order valence-corrected chi connectivity index (χ2v) is 5.74. The Kier molecular flexibility index (Phi) is 3.00. The Hall–Kier alpha value is -1.23. The van der Waals surface area contributed by atoms with Crippen LogP contribution in [0, 0.1) is 0 Å². The first-order valence-corrected chi connectivity index (χ1v) is 6.36. The van der Waals surface area contributed by atoms with Gasteiger partial charge in [-0.15, -0.1) is 0 Å². The lowest BCUT2D eigenvalue weighted by molar-refractivity contribution is 0.417. The van der Waals surface area contributed by atoms with Crippen molar-refractivity contribution in [2.75, 3.05) is 25.4 Å². The number of nitrogen functional groups attached to an aromatic ring is 1. The first-order chi connectivity index (χ1) is 6.42. The molecule has 0 radical (unpaired) electrons. The summed E-state index contributed by atoms with van der Waals surface area (Å²) >= 11 is 0. The van der Waals surface area contributed by atoms with Crippen molar-refractivity contribution in [3.8, 4) is 5.75 Å². The third-order valence-electron chi connectivity index (χ3n) is 1.54. The van der Waals surface area contributed by atoms with Crippen molar-refractivity contribution in [2.24, 2.45) is 4.36 Å². The van der Waals surface area contributed by atoms with Crippen LogP contribution in [0.25, 0.3) is 0 Å². The van der Waals surface area contributed by atoms with Crippen LogP contribution in [0.3, 0.4) is 0 Å². The number of benzene rings is 1. The molecule has 0 saturated carbocycles. The predicted molar refractivity (Wildman–Crippen MR) is 59.5 cm³/mol. The second-order valence-electron chi connectivity index (χ2n) is 3.20. The van der Waals surface area contributed by atoms with Crippen molar-refractivity contribution in [2.45, 2.75) is 0 Å². The summed E-state index contributed by atoms with van der Waals surface area (Å²) in [5.41, 5.74) is 6.78. The van der Waals surface area contributed by atoms with Crippen molar-refractivity contribution in [1.82, 2.24) is 0 Å². The van der Waals surface area contributed by atoms with Gasteiger partial charge in [0.25, 0.3) is 0 Å². The highest BCUT2D eigenvalue weighted by atomic mass is 32.2. The topological polar surface area (TPSA) is 64.7 Å². The fraction of sp³-hybridized carbons (Fsp3) is 0.333. The van der Waals surface area contributed by atoms with Gasteiger partial charge in [-0.2, -0.15) is 4.36 Å². The molecule has 0 atom stereocenters. The van der Waals surface area contributed by atoms with E-state index in [2.05, 4.69) is 4.36 Å². The number of hydrogen-bond donors (Lipinski definition) is 1. The molecule has 14 heavy (non-hydrogen) atoms. The van der Waals surface area contributed by atoms with Gasteiger partial charge in [0.05, 0.1) is 18.5 Å².